The van der Waals surface area contributed by atoms with Crippen LogP contribution in [-0.4, -0.2) is 18.1 Å². The van der Waals surface area contributed by atoms with Crippen LogP contribution in [0.4, 0.5) is 5.69 Å². The van der Waals surface area contributed by atoms with Gasteiger partial charge in [0, 0.05) is 24.6 Å². The molecule has 0 aliphatic rings. The fraction of sp³-hybridized carbons (Fsp3) is 0.200. The highest BCUT2D eigenvalue weighted by Gasteiger charge is 2.02. The Balaban J connectivity index is 2.02. The van der Waals surface area contributed by atoms with Crippen LogP contribution in [0.15, 0.2) is 47.6 Å². The van der Waals surface area contributed by atoms with Gasteiger partial charge in [-0.15, -0.1) is 0 Å². The number of benzene rings is 1. The molecule has 0 saturated heterocycles. The molecule has 3 N–H and O–H groups in total. The fourth-order valence-electron chi connectivity index (χ4n) is 1.77. The van der Waals surface area contributed by atoms with Gasteiger partial charge in [-0.1, -0.05) is 29.8 Å². The number of guanidine groups is 1. The van der Waals surface area contributed by atoms with Gasteiger partial charge in [-0.2, -0.15) is 0 Å². The molecule has 1 aromatic heterocycles. The van der Waals surface area contributed by atoms with Gasteiger partial charge < -0.3 is 15.8 Å². The maximum Gasteiger partial charge on any atom is 0.193 e. The highest BCUT2D eigenvalue weighted by Crippen LogP contribution is 2.15. The maximum absolute atomic E-state index is 5.89. The number of para-hydroxylation sites is 1. The first-order valence-electron chi connectivity index (χ1n) is 6.43. The molecule has 0 aliphatic carbocycles. The summed E-state index contributed by atoms with van der Waals surface area (Å²) in [6.45, 7) is 0.900. The van der Waals surface area contributed by atoms with Crippen molar-refractivity contribution >= 4 is 23.2 Å². The second-order valence-corrected chi connectivity index (χ2v) is 4.82. The Bertz CT molecular complexity index is 613. The Hall–Kier alpha value is -2.11. The summed E-state index contributed by atoms with van der Waals surface area (Å²) in [5.74, 6) is 0.329. The van der Waals surface area contributed by atoms with E-state index in [2.05, 4.69) is 15.3 Å². The summed E-state index contributed by atoms with van der Waals surface area (Å²) in [6.07, 6.45) is 1.59. The summed E-state index contributed by atoms with van der Waals surface area (Å²) < 4.78 is 5.15. The molecule has 0 aliphatic heterocycles. The van der Waals surface area contributed by atoms with E-state index in [0.29, 0.717) is 24.1 Å². The second kappa shape index (κ2) is 7.61. The molecule has 2 aromatic rings. The molecule has 0 atom stereocenters. The molecule has 0 amide bonds. The van der Waals surface area contributed by atoms with Gasteiger partial charge in [0.15, 0.2) is 5.96 Å². The summed E-state index contributed by atoms with van der Waals surface area (Å²) in [7, 11) is 1.65. The topological polar surface area (TPSA) is 72.5 Å². The third-order valence-corrected chi connectivity index (χ3v) is 3.00. The zero-order valence-electron chi connectivity index (χ0n) is 11.7. The molecule has 1 heterocycles. The number of methoxy groups -OCH3 is 1. The summed E-state index contributed by atoms with van der Waals surface area (Å²) in [5, 5.41) is 3.67. The van der Waals surface area contributed by atoms with Gasteiger partial charge in [-0.25, -0.2) is 4.99 Å². The molecule has 6 heteroatoms. The number of pyridine rings is 1. The van der Waals surface area contributed by atoms with Crippen molar-refractivity contribution in [2.24, 2.45) is 10.7 Å². The van der Waals surface area contributed by atoms with E-state index in [0.717, 1.165) is 16.9 Å². The van der Waals surface area contributed by atoms with Gasteiger partial charge in [0.05, 0.1) is 23.9 Å². The number of nitrogens with one attached hydrogen (secondary N) is 1. The van der Waals surface area contributed by atoms with Crippen LogP contribution in [-0.2, 0) is 17.9 Å². The third-order valence-electron chi connectivity index (χ3n) is 2.78. The highest BCUT2D eigenvalue weighted by molar-refractivity contribution is 6.30. The van der Waals surface area contributed by atoms with Crippen LogP contribution in [0.5, 0.6) is 0 Å². The van der Waals surface area contributed by atoms with E-state index < -0.39 is 0 Å². The van der Waals surface area contributed by atoms with E-state index in [4.69, 9.17) is 22.1 Å². The monoisotopic (exact) mass is 304 g/mol. The highest BCUT2D eigenvalue weighted by atomic mass is 35.5. The first kappa shape index (κ1) is 15.3. The lowest BCUT2D eigenvalue weighted by Crippen LogP contribution is -2.23. The van der Waals surface area contributed by atoms with E-state index in [1.165, 1.54) is 0 Å². The predicted octanol–water partition coefficient (Wildman–Crippen LogP) is 2.81. The zero-order chi connectivity index (χ0) is 15.1. The number of ether oxygens (including phenoxy) is 1. The number of nitrogens with zero attached hydrogens (tertiary/aromatic N) is 2. The zero-order valence-corrected chi connectivity index (χ0v) is 12.5. The average molecular weight is 305 g/mol. The lowest BCUT2D eigenvalue weighted by Gasteiger charge is -2.10. The Morgan fingerprint density at radius 1 is 1.33 bits per heavy atom. The minimum absolute atomic E-state index is 0.329. The van der Waals surface area contributed by atoms with E-state index in [1.807, 2.05) is 30.3 Å². The quantitative estimate of drug-likeness (QED) is 0.658. The molecule has 2 rings (SSSR count). The van der Waals surface area contributed by atoms with Crippen molar-refractivity contribution in [2.45, 2.75) is 13.2 Å². The van der Waals surface area contributed by atoms with Gasteiger partial charge in [-0.05, 0) is 18.2 Å². The minimum Gasteiger partial charge on any atom is -0.380 e. The summed E-state index contributed by atoms with van der Waals surface area (Å²) in [6, 6.07) is 11.4. The van der Waals surface area contributed by atoms with Crippen molar-refractivity contribution in [3.8, 4) is 0 Å². The second-order valence-electron chi connectivity index (χ2n) is 4.38. The van der Waals surface area contributed by atoms with Crippen molar-refractivity contribution in [1.29, 1.82) is 0 Å². The summed E-state index contributed by atoms with van der Waals surface area (Å²) in [5.41, 5.74) is 8.59. The SMILES string of the molecule is COCc1ccccc1NC(N)=NCc1ccc(Cl)cn1. The molecular weight excluding hydrogens is 288 g/mol. The van der Waals surface area contributed by atoms with Crippen molar-refractivity contribution in [3.05, 3.63) is 58.9 Å². The molecule has 5 nitrogen and oxygen atoms in total. The van der Waals surface area contributed by atoms with Crippen molar-refractivity contribution in [2.75, 3.05) is 12.4 Å². The van der Waals surface area contributed by atoms with Crippen LogP contribution >= 0.6 is 11.6 Å². The Labute approximate surface area is 128 Å². The number of hydrogen-bond donors (Lipinski definition) is 2. The summed E-state index contributed by atoms with van der Waals surface area (Å²) in [4.78, 5) is 8.42. The molecule has 0 saturated carbocycles. The molecular formula is C15H17ClN4O. The molecule has 0 fully saturated rings. The van der Waals surface area contributed by atoms with E-state index in [-0.39, 0.29) is 0 Å². The fourth-order valence-corrected chi connectivity index (χ4v) is 1.88. The lowest BCUT2D eigenvalue weighted by molar-refractivity contribution is 0.185. The Morgan fingerprint density at radius 2 is 2.14 bits per heavy atom. The first-order chi connectivity index (χ1) is 10.2. The number of aromatic nitrogens is 1. The number of anilines is 1. The number of nitrogens with two attached hydrogens (primary N) is 1. The molecule has 21 heavy (non-hydrogen) atoms. The van der Waals surface area contributed by atoms with Crippen LogP contribution in [0.3, 0.4) is 0 Å². The van der Waals surface area contributed by atoms with Gasteiger partial charge >= 0.3 is 0 Å². The van der Waals surface area contributed by atoms with Crippen LogP contribution in [0, 0.1) is 0 Å². The minimum atomic E-state index is 0.329. The molecule has 0 radical (unpaired) electrons. The normalized spacial score (nSPS) is 11.4. The van der Waals surface area contributed by atoms with Gasteiger partial charge in [0.2, 0.25) is 0 Å². The largest absolute Gasteiger partial charge is 0.380 e. The number of aliphatic imine (C=N–C) groups is 1. The van der Waals surface area contributed by atoms with Gasteiger partial charge in [0.1, 0.15) is 0 Å². The maximum atomic E-state index is 5.89. The van der Waals surface area contributed by atoms with Crippen LogP contribution in [0.2, 0.25) is 5.02 Å². The first-order valence-corrected chi connectivity index (χ1v) is 6.81. The van der Waals surface area contributed by atoms with Crippen LogP contribution in [0.1, 0.15) is 11.3 Å². The van der Waals surface area contributed by atoms with Gasteiger partial charge in [0.25, 0.3) is 0 Å². The standard InChI is InChI=1S/C15H17ClN4O/c1-21-10-11-4-2-3-5-14(11)20-15(17)19-9-13-7-6-12(16)8-18-13/h2-8H,9-10H2,1H3,(H3,17,19,20). The number of hydrogen-bond acceptors (Lipinski definition) is 3. The third kappa shape index (κ3) is 4.73. The van der Waals surface area contributed by atoms with Crippen LogP contribution < -0.4 is 11.1 Å². The molecule has 0 spiro atoms. The molecule has 0 unspecified atom stereocenters. The van der Waals surface area contributed by atoms with Crippen molar-refractivity contribution < 1.29 is 4.74 Å². The van der Waals surface area contributed by atoms with E-state index in [1.54, 1.807) is 19.4 Å². The number of rotatable bonds is 5. The van der Waals surface area contributed by atoms with E-state index in [9.17, 15) is 0 Å². The smallest absolute Gasteiger partial charge is 0.193 e. The average Bonchev–Trinajstić information content (AvgIpc) is 2.49. The van der Waals surface area contributed by atoms with Crippen molar-refractivity contribution in [3.63, 3.8) is 0 Å². The lowest BCUT2D eigenvalue weighted by atomic mass is 10.2. The summed E-state index contributed by atoms with van der Waals surface area (Å²) >= 11 is 5.78. The molecule has 1 aromatic carbocycles. The predicted molar refractivity (Wildman–Crippen MR) is 85.4 cm³/mol. The van der Waals surface area contributed by atoms with Crippen LogP contribution in [0.25, 0.3) is 0 Å². The molecule has 110 valence electrons. The number of halogens is 1. The molecule has 0 bridgehead atoms. The Kier molecular flexibility index (Phi) is 5.54. The van der Waals surface area contributed by atoms with Crippen molar-refractivity contribution in [1.82, 2.24) is 4.98 Å². The Morgan fingerprint density at radius 3 is 2.86 bits per heavy atom. The van der Waals surface area contributed by atoms with E-state index >= 15 is 0 Å². The van der Waals surface area contributed by atoms with Gasteiger partial charge in [-0.3, -0.25) is 4.98 Å².